The summed E-state index contributed by atoms with van der Waals surface area (Å²) in [5, 5.41) is 19.4. The smallest absolute Gasteiger partial charge is 0.258 e. The van der Waals surface area contributed by atoms with Crippen molar-refractivity contribution in [2.45, 2.75) is 6.61 Å². The minimum Gasteiger partial charge on any atom is -0.497 e. The predicted molar refractivity (Wildman–Crippen MR) is 116 cm³/mol. The topological polar surface area (TPSA) is 110 Å². The minimum atomic E-state index is -0.764. The van der Waals surface area contributed by atoms with Gasteiger partial charge in [-0.2, -0.15) is 5.26 Å². The van der Waals surface area contributed by atoms with Gasteiger partial charge in [0, 0.05) is 11.3 Å². The van der Waals surface area contributed by atoms with Crippen LogP contribution < -0.4 is 14.8 Å². The number of nitrogens with one attached hydrogen (secondary N) is 1. The van der Waals surface area contributed by atoms with Gasteiger partial charge in [-0.3, -0.25) is 4.79 Å². The van der Waals surface area contributed by atoms with E-state index in [0.717, 1.165) is 17.4 Å². The maximum absolute atomic E-state index is 14.0. The largest absolute Gasteiger partial charge is 0.497 e. The lowest BCUT2D eigenvalue weighted by Crippen LogP contribution is -2.13. The quantitative estimate of drug-likeness (QED) is 0.444. The zero-order chi connectivity index (χ0) is 23.2. The molecule has 0 radical (unpaired) electrons. The van der Waals surface area contributed by atoms with Crippen LogP contribution in [0.25, 0.3) is 11.5 Å². The van der Waals surface area contributed by atoms with E-state index in [9.17, 15) is 9.18 Å². The molecule has 0 bridgehead atoms. The lowest BCUT2D eigenvalue weighted by Gasteiger charge is -2.08. The Balaban J connectivity index is 1.34. The van der Waals surface area contributed by atoms with Crippen LogP contribution in [-0.4, -0.2) is 23.2 Å². The molecule has 0 atom stereocenters. The van der Waals surface area contributed by atoms with Crippen molar-refractivity contribution in [2.24, 2.45) is 0 Å². The summed E-state index contributed by atoms with van der Waals surface area (Å²) in [4.78, 5) is 12.3. The number of carbonyl (C=O) groups is 1. The third kappa shape index (κ3) is 5.14. The molecule has 33 heavy (non-hydrogen) atoms. The first-order chi connectivity index (χ1) is 16.1. The fourth-order valence-electron chi connectivity index (χ4n) is 2.91. The molecule has 0 unspecified atom stereocenters. The van der Waals surface area contributed by atoms with E-state index in [4.69, 9.17) is 19.2 Å². The molecule has 1 heterocycles. The normalized spacial score (nSPS) is 10.3. The summed E-state index contributed by atoms with van der Waals surface area (Å²) in [6.07, 6.45) is 0. The monoisotopic (exact) mass is 444 g/mol. The molecule has 9 heteroatoms. The third-order valence-corrected chi connectivity index (χ3v) is 4.62. The van der Waals surface area contributed by atoms with Crippen molar-refractivity contribution >= 4 is 11.6 Å². The van der Waals surface area contributed by atoms with Gasteiger partial charge in [-0.05, 0) is 66.7 Å². The molecule has 1 aromatic heterocycles. The van der Waals surface area contributed by atoms with Crippen LogP contribution >= 0.6 is 0 Å². The van der Waals surface area contributed by atoms with Crippen LogP contribution in [0.4, 0.5) is 10.1 Å². The fraction of sp³-hybridized carbons (Fsp3) is 0.0833. The number of methoxy groups -OCH3 is 1. The van der Waals surface area contributed by atoms with Crippen molar-refractivity contribution in [3.05, 3.63) is 89.6 Å². The van der Waals surface area contributed by atoms with Gasteiger partial charge in [0.05, 0.1) is 24.3 Å². The van der Waals surface area contributed by atoms with Crippen LogP contribution in [0.2, 0.25) is 0 Å². The average molecular weight is 444 g/mol. The van der Waals surface area contributed by atoms with E-state index in [-0.39, 0.29) is 17.7 Å². The van der Waals surface area contributed by atoms with Gasteiger partial charge in [-0.25, -0.2) is 4.39 Å². The van der Waals surface area contributed by atoms with Crippen LogP contribution in [0.5, 0.6) is 11.5 Å². The molecule has 164 valence electrons. The summed E-state index contributed by atoms with van der Waals surface area (Å²) < 4.78 is 30.4. The van der Waals surface area contributed by atoms with Crippen molar-refractivity contribution in [3.8, 4) is 29.0 Å². The predicted octanol–water partition coefficient (Wildman–Crippen LogP) is 4.59. The van der Waals surface area contributed by atoms with E-state index in [1.54, 1.807) is 43.5 Å². The summed E-state index contributed by atoms with van der Waals surface area (Å²) in [6, 6.07) is 19.2. The van der Waals surface area contributed by atoms with Gasteiger partial charge in [-0.15, -0.1) is 10.2 Å². The van der Waals surface area contributed by atoms with E-state index in [1.165, 1.54) is 12.1 Å². The van der Waals surface area contributed by atoms with E-state index in [2.05, 4.69) is 15.5 Å². The van der Waals surface area contributed by atoms with E-state index in [0.29, 0.717) is 23.2 Å². The summed E-state index contributed by atoms with van der Waals surface area (Å²) in [6.45, 7) is 0.0608. The number of halogens is 1. The first-order valence-corrected chi connectivity index (χ1v) is 9.76. The van der Waals surface area contributed by atoms with Gasteiger partial charge in [0.15, 0.2) is 6.61 Å². The molecule has 0 spiro atoms. The van der Waals surface area contributed by atoms with Gasteiger partial charge in [-0.1, -0.05) is 0 Å². The van der Waals surface area contributed by atoms with Crippen LogP contribution in [0.1, 0.15) is 21.8 Å². The second-order valence-corrected chi connectivity index (χ2v) is 6.80. The molecule has 8 nitrogen and oxygen atoms in total. The number of carbonyl (C=O) groups excluding carboxylic acids is 1. The van der Waals surface area contributed by atoms with E-state index in [1.807, 2.05) is 18.2 Å². The number of hydrogen-bond donors (Lipinski definition) is 1. The first-order valence-electron chi connectivity index (χ1n) is 9.76. The highest BCUT2D eigenvalue weighted by atomic mass is 19.1. The van der Waals surface area contributed by atoms with Gasteiger partial charge < -0.3 is 19.2 Å². The standard InChI is InChI=1S/C24H17FN4O4/c1-31-18-7-3-16(4-8-18)24-29-28-22(33-24)14-32-19-9-5-17(6-10-19)27-23(30)20-11-2-15(13-26)12-21(20)25/h2-12H,14H2,1H3,(H,27,30). The Labute approximate surface area is 188 Å². The Hall–Kier alpha value is -4.71. The van der Waals surface area contributed by atoms with Gasteiger partial charge in [0.1, 0.15) is 17.3 Å². The molecule has 1 amide bonds. The van der Waals surface area contributed by atoms with Gasteiger partial charge in [0.25, 0.3) is 11.8 Å². The second-order valence-electron chi connectivity index (χ2n) is 6.80. The number of benzene rings is 3. The molecule has 4 rings (SSSR count). The highest BCUT2D eigenvalue weighted by Gasteiger charge is 2.13. The number of aromatic nitrogens is 2. The molecule has 1 N–H and O–H groups in total. The molecule has 0 aliphatic heterocycles. The van der Waals surface area contributed by atoms with Crippen molar-refractivity contribution in [3.63, 3.8) is 0 Å². The summed E-state index contributed by atoms with van der Waals surface area (Å²) >= 11 is 0. The van der Waals surface area contributed by atoms with Crippen LogP contribution in [0.15, 0.2) is 71.1 Å². The highest BCUT2D eigenvalue weighted by molar-refractivity contribution is 6.04. The Kier molecular flexibility index (Phi) is 6.27. The van der Waals surface area contributed by atoms with Crippen LogP contribution in [0.3, 0.4) is 0 Å². The Morgan fingerprint density at radius 3 is 2.45 bits per heavy atom. The summed E-state index contributed by atoms with van der Waals surface area (Å²) in [5.41, 5.74) is 1.20. The number of nitriles is 1. The zero-order valence-corrected chi connectivity index (χ0v) is 17.4. The van der Waals surface area contributed by atoms with E-state index < -0.39 is 11.7 Å². The van der Waals surface area contributed by atoms with E-state index >= 15 is 0 Å². The van der Waals surface area contributed by atoms with Crippen molar-refractivity contribution in [1.82, 2.24) is 10.2 Å². The van der Waals surface area contributed by atoms with Crippen LogP contribution in [-0.2, 0) is 6.61 Å². The zero-order valence-electron chi connectivity index (χ0n) is 17.4. The van der Waals surface area contributed by atoms with Gasteiger partial charge >= 0.3 is 0 Å². The number of nitrogens with zero attached hydrogens (tertiary/aromatic N) is 3. The maximum Gasteiger partial charge on any atom is 0.258 e. The molecular weight excluding hydrogens is 427 g/mol. The minimum absolute atomic E-state index is 0.0608. The third-order valence-electron chi connectivity index (χ3n) is 4.62. The molecule has 0 aliphatic rings. The van der Waals surface area contributed by atoms with Crippen LogP contribution in [0, 0.1) is 17.1 Å². The molecule has 0 aliphatic carbocycles. The molecule has 0 fully saturated rings. The lowest BCUT2D eigenvalue weighted by molar-refractivity contribution is 0.102. The lowest BCUT2D eigenvalue weighted by atomic mass is 10.1. The fourth-order valence-corrected chi connectivity index (χ4v) is 2.91. The second kappa shape index (κ2) is 9.62. The van der Waals surface area contributed by atoms with Crippen molar-refractivity contribution in [1.29, 1.82) is 5.26 Å². The first kappa shape index (κ1) is 21.5. The maximum atomic E-state index is 14.0. The molecule has 4 aromatic rings. The SMILES string of the molecule is COc1ccc(-c2nnc(COc3ccc(NC(=O)c4ccc(C#N)cc4F)cc3)o2)cc1. The summed E-state index contributed by atoms with van der Waals surface area (Å²) in [5.74, 6) is 0.520. The van der Waals surface area contributed by atoms with Gasteiger partial charge in [0.2, 0.25) is 5.89 Å². The number of anilines is 1. The Morgan fingerprint density at radius 1 is 1.06 bits per heavy atom. The molecule has 0 saturated carbocycles. The van der Waals surface area contributed by atoms with Crippen molar-refractivity contribution < 1.29 is 23.1 Å². The highest BCUT2D eigenvalue weighted by Crippen LogP contribution is 2.22. The summed E-state index contributed by atoms with van der Waals surface area (Å²) in [7, 11) is 1.59. The number of amides is 1. The average Bonchev–Trinajstić information content (AvgIpc) is 3.32. The van der Waals surface area contributed by atoms with Crippen molar-refractivity contribution in [2.75, 3.05) is 12.4 Å². The molecule has 0 saturated heterocycles. The molecular formula is C24H17FN4O4. The number of ether oxygens (including phenoxy) is 2. The Morgan fingerprint density at radius 2 is 1.79 bits per heavy atom. The number of hydrogen-bond acceptors (Lipinski definition) is 7. The molecule has 3 aromatic carbocycles. The Bertz CT molecular complexity index is 1310. The number of rotatable bonds is 7.